The molecule has 0 saturated carbocycles. The molecule has 3 aromatic carbocycles. The second kappa shape index (κ2) is 9.48. The van der Waals surface area contributed by atoms with Crippen LogP contribution in [0.3, 0.4) is 0 Å². The van der Waals surface area contributed by atoms with Gasteiger partial charge in [0, 0.05) is 8.59 Å². The SMILES string of the molecule is O=C(Oc1ccc(/C=N/NC(=O)c2ccccc2I)cc1)c1ccc(Cl)cc1. The Morgan fingerprint density at radius 2 is 1.64 bits per heavy atom. The number of ether oxygens (including phenoxy) is 1. The zero-order chi connectivity index (χ0) is 19.9. The van der Waals surface area contributed by atoms with Gasteiger partial charge >= 0.3 is 5.97 Å². The molecule has 0 bridgehead atoms. The highest BCUT2D eigenvalue weighted by Crippen LogP contribution is 2.15. The fraction of sp³-hybridized carbons (Fsp3) is 0. The van der Waals surface area contributed by atoms with E-state index in [-0.39, 0.29) is 5.91 Å². The Hall–Kier alpha value is -2.71. The Morgan fingerprint density at radius 3 is 2.32 bits per heavy atom. The maximum absolute atomic E-state index is 12.1. The van der Waals surface area contributed by atoms with Crippen LogP contribution in [-0.2, 0) is 0 Å². The Labute approximate surface area is 180 Å². The van der Waals surface area contributed by atoms with Crippen molar-refractivity contribution in [3.8, 4) is 5.75 Å². The largest absolute Gasteiger partial charge is 0.423 e. The number of halogens is 2. The second-order valence-corrected chi connectivity index (χ2v) is 7.24. The highest BCUT2D eigenvalue weighted by Gasteiger charge is 2.09. The molecule has 0 spiro atoms. The number of benzene rings is 3. The Balaban J connectivity index is 1.57. The quantitative estimate of drug-likeness (QED) is 0.176. The maximum atomic E-state index is 12.1. The molecule has 0 fully saturated rings. The van der Waals surface area contributed by atoms with Crippen molar-refractivity contribution in [2.75, 3.05) is 0 Å². The molecular formula is C21H14ClIN2O3. The first kappa shape index (κ1) is 20.0. The molecule has 0 radical (unpaired) electrons. The fourth-order valence-corrected chi connectivity index (χ4v) is 3.00. The van der Waals surface area contributed by atoms with Gasteiger partial charge in [-0.2, -0.15) is 5.10 Å². The van der Waals surface area contributed by atoms with E-state index >= 15 is 0 Å². The van der Waals surface area contributed by atoms with Gasteiger partial charge in [0.2, 0.25) is 0 Å². The molecule has 0 aliphatic carbocycles. The number of nitrogens with zero attached hydrogens (tertiary/aromatic N) is 1. The van der Waals surface area contributed by atoms with Crippen LogP contribution >= 0.6 is 34.2 Å². The third-order valence-electron chi connectivity index (χ3n) is 3.67. The molecule has 0 aliphatic heterocycles. The molecule has 1 amide bonds. The Bertz CT molecular complexity index is 1020. The van der Waals surface area contributed by atoms with Crippen LogP contribution in [-0.4, -0.2) is 18.1 Å². The monoisotopic (exact) mass is 504 g/mol. The topological polar surface area (TPSA) is 67.8 Å². The molecule has 5 nitrogen and oxygen atoms in total. The van der Waals surface area contributed by atoms with Crippen LogP contribution in [0.25, 0.3) is 0 Å². The lowest BCUT2D eigenvalue weighted by molar-refractivity contribution is 0.0734. The van der Waals surface area contributed by atoms with Gasteiger partial charge in [-0.1, -0.05) is 23.7 Å². The lowest BCUT2D eigenvalue weighted by Gasteiger charge is -2.05. The third kappa shape index (κ3) is 5.40. The number of hydrogen-bond donors (Lipinski definition) is 1. The van der Waals surface area contributed by atoms with E-state index in [0.29, 0.717) is 21.9 Å². The predicted molar refractivity (Wildman–Crippen MR) is 117 cm³/mol. The fourth-order valence-electron chi connectivity index (χ4n) is 2.24. The summed E-state index contributed by atoms with van der Waals surface area (Å²) < 4.78 is 6.16. The third-order valence-corrected chi connectivity index (χ3v) is 4.86. The van der Waals surface area contributed by atoms with Crippen molar-refractivity contribution in [2.45, 2.75) is 0 Å². The Morgan fingerprint density at radius 1 is 0.964 bits per heavy atom. The summed E-state index contributed by atoms with van der Waals surface area (Å²) in [6, 6.07) is 20.5. The number of esters is 1. The van der Waals surface area contributed by atoms with Crippen molar-refractivity contribution >= 4 is 52.3 Å². The van der Waals surface area contributed by atoms with Gasteiger partial charge in [0.25, 0.3) is 5.91 Å². The average Bonchev–Trinajstić information content (AvgIpc) is 2.70. The van der Waals surface area contributed by atoms with Crippen molar-refractivity contribution in [2.24, 2.45) is 5.10 Å². The van der Waals surface area contributed by atoms with Crippen molar-refractivity contribution in [1.82, 2.24) is 5.43 Å². The first-order valence-corrected chi connectivity index (χ1v) is 9.64. The number of nitrogens with one attached hydrogen (secondary N) is 1. The number of hydrogen-bond acceptors (Lipinski definition) is 4. The summed E-state index contributed by atoms with van der Waals surface area (Å²) in [7, 11) is 0. The lowest BCUT2D eigenvalue weighted by atomic mass is 10.2. The number of amides is 1. The van der Waals surface area contributed by atoms with E-state index in [9.17, 15) is 9.59 Å². The zero-order valence-electron chi connectivity index (χ0n) is 14.4. The van der Waals surface area contributed by atoms with Crippen LogP contribution in [0.15, 0.2) is 77.9 Å². The van der Waals surface area contributed by atoms with Crippen LogP contribution in [0.2, 0.25) is 5.02 Å². The van der Waals surface area contributed by atoms with Crippen LogP contribution in [0.5, 0.6) is 5.75 Å². The summed E-state index contributed by atoms with van der Waals surface area (Å²) in [6.45, 7) is 0. The molecular weight excluding hydrogens is 491 g/mol. The molecule has 140 valence electrons. The van der Waals surface area contributed by atoms with Crippen LogP contribution < -0.4 is 10.2 Å². The van der Waals surface area contributed by atoms with Gasteiger partial charge in [-0.05, 0) is 88.8 Å². The minimum Gasteiger partial charge on any atom is -0.423 e. The minimum atomic E-state index is -0.470. The number of carbonyl (C=O) groups is 2. The first-order valence-electron chi connectivity index (χ1n) is 8.19. The van der Waals surface area contributed by atoms with E-state index in [4.69, 9.17) is 16.3 Å². The van der Waals surface area contributed by atoms with Crippen LogP contribution in [0.1, 0.15) is 26.3 Å². The van der Waals surface area contributed by atoms with Gasteiger partial charge in [0.15, 0.2) is 0 Å². The number of carbonyl (C=O) groups excluding carboxylic acids is 2. The standard InChI is InChI=1S/C21H14ClIN2O3/c22-16-9-7-15(8-10-16)21(27)28-17-11-5-14(6-12-17)13-24-25-20(26)18-3-1-2-4-19(18)23/h1-13H,(H,25,26)/b24-13+. The van der Waals surface area contributed by atoms with E-state index in [0.717, 1.165) is 9.13 Å². The molecule has 0 aliphatic rings. The molecule has 1 N–H and O–H groups in total. The molecule has 0 unspecified atom stereocenters. The zero-order valence-corrected chi connectivity index (χ0v) is 17.3. The molecule has 0 saturated heterocycles. The number of rotatable bonds is 5. The van der Waals surface area contributed by atoms with Gasteiger partial charge in [0.1, 0.15) is 5.75 Å². The highest BCUT2D eigenvalue weighted by molar-refractivity contribution is 14.1. The highest BCUT2D eigenvalue weighted by atomic mass is 127. The Kier molecular flexibility index (Phi) is 6.78. The van der Waals surface area contributed by atoms with Crippen molar-refractivity contribution < 1.29 is 14.3 Å². The summed E-state index contributed by atoms with van der Waals surface area (Å²) in [5.41, 5.74) is 4.21. The van der Waals surface area contributed by atoms with Crippen LogP contribution in [0, 0.1) is 3.57 Å². The summed E-state index contributed by atoms with van der Waals surface area (Å²) in [6.07, 6.45) is 1.51. The van der Waals surface area contributed by atoms with Gasteiger partial charge in [-0.3, -0.25) is 4.79 Å². The normalized spacial score (nSPS) is 10.6. The summed E-state index contributed by atoms with van der Waals surface area (Å²) in [5, 5.41) is 4.51. The van der Waals surface area contributed by atoms with E-state index in [1.54, 1.807) is 60.7 Å². The van der Waals surface area contributed by atoms with E-state index in [1.165, 1.54) is 6.21 Å². The van der Waals surface area contributed by atoms with E-state index < -0.39 is 5.97 Å². The predicted octanol–water partition coefficient (Wildman–Crippen LogP) is 4.93. The molecule has 0 aromatic heterocycles. The van der Waals surface area contributed by atoms with Crippen molar-refractivity contribution in [3.05, 3.63) is 98.1 Å². The van der Waals surface area contributed by atoms with Gasteiger partial charge in [0.05, 0.1) is 17.3 Å². The van der Waals surface area contributed by atoms with Crippen LogP contribution in [0.4, 0.5) is 0 Å². The van der Waals surface area contributed by atoms with Crippen molar-refractivity contribution in [1.29, 1.82) is 0 Å². The average molecular weight is 505 g/mol. The van der Waals surface area contributed by atoms with Crippen molar-refractivity contribution in [3.63, 3.8) is 0 Å². The molecule has 0 atom stereocenters. The smallest absolute Gasteiger partial charge is 0.343 e. The van der Waals surface area contributed by atoms with E-state index in [2.05, 4.69) is 33.1 Å². The maximum Gasteiger partial charge on any atom is 0.343 e. The van der Waals surface area contributed by atoms with Gasteiger partial charge in [-0.25, -0.2) is 10.2 Å². The number of hydrazone groups is 1. The second-order valence-electron chi connectivity index (χ2n) is 5.64. The molecule has 7 heteroatoms. The molecule has 3 aromatic rings. The van der Waals surface area contributed by atoms with Gasteiger partial charge in [-0.15, -0.1) is 0 Å². The molecule has 0 heterocycles. The van der Waals surface area contributed by atoms with Gasteiger partial charge < -0.3 is 4.74 Å². The summed E-state index contributed by atoms with van der Waals surface area (Å²) in [4.78, 5) is 24.2. The molecule has 28 heavy (non-hydrogen) atoms. The van der Waals surface area contributed by atoms with E-state index in [1.807, 2.05) is 12.1 Å². The first-order chi connectivity index (χ1) is 13.5. The summed E-state index contributed by atoms with van der Waals surface area (Å²) in [5.74, 6) is -0.349. The minimum absolute atomic E-state index is 0.283. The molecule has 3 rings (SSSR count). The lowest BCUT2D eigenvalue weighted by Crippen LogP contribution is -2.18. The summed E-state index contributed by atoms with van der Waals surface area (Å²) >= 11 is 7.90.